The van der Waals surface area contributed by atoms with E-state index in [9.17, 15) is 21.6 Å². The number of halogens is 4. The standard InChI is InChI=1S/C25H26ClF3N4O4S/c1-33-10-8-17(9-11-33)14-36-21-12-18(6-7-20(21)26)15-37-22-13-30-16-31-24(22)32-38(34,35)23-5-3-2-4-19(23)25(27,28)29/h2-7,12-13,16-17H,8-11,14-15H2,1H3,(H,30,31,32). The van der Waals surface area contributed by atoms with Crippen LogP contribution in [0.5, 0.6) is 11.5 Å². The minimum absolute atomic E-state index is 0.0248. The van der Waals surface area contributed by atoms with Gasteiger partial charge in [0.25, 0.3) is 10.0 Å². The van der Waals surface area contributed by atoms with Gasteiger partial charge >= 0.3 is 6.18 Å². The average molecular weight is 571 g/mol. The van der Waals surface area contributed by atoms with E-state index in [2.05, 4.69) is 26.6 Å². The second kappa shape index (κ2) is 11.7. The lowest BCUT2D eigenvalue weighted by Gasteiger charge is -2.28. The van der Waals surface area contributed by atoms with Gasteiger partial charge in [-0.05, 0) is 68.7 Å². The first-order valence-electron chi connectivity index (χ1n) is 11.7. The second-order valence-electron chi connectivity index (χ2n) is 8.95. The number of benzene rings is 2. The van der Waals surface area contributed by atoms with E-state index < -0.39 is 26.7 Å². The molecule has 4 rings (SSSR count). The molecule has 1 fully saturated rings. The number of hydrogen-bond acceptors (Lipinski definition) is 7. The Morgan fingerprint density at radius 1 is 1.11 bits per heavy atom. The fraction of sp³-hybridized carbons (Fsp3) is 0.360. The zero-order valence-corrected chi connectivity index (χ0v) is 22.0. The van der Waals surface area contributed by atoms with Crippen molar-refractivity contribution in [2.24, 2.45) is 5.92 Å². The van der Waals surface area contributed by atoms with Gasteiger partial charge < -0.3 is 14.4 Å². The summed E-state index contributed by atoms with van der Waals surface area (Å²) in [6.45, 7) is 2.55. The van der Waals surface area contributed by atoms with Gasteiger partial charge in [0.2, 0.25) is 0 Å². The molecule has 8 nitrogen and oxygen atoms in total. The van der Waals surface area contributed by atoms with E-state index in [-0.39, 0.29) is 18.2 Å². The highest BCUT2D eigenvalue weighted by Crippen LogP contribution is 2.35. The Balaban J connectivity index is 1.45. The number of likely N-dealkylation sites (tertiary alicyclic amines) is 1. The molecule has 38 heavy (non-hydrogen) atoms. The van der Waals surface area contributed by atoms with Gasteiger partial charge in [0.15, 0.2) is 11.6 Å². The zero-order valence-electron chi connectivity index (χ0n) is 20.4. The highest BCUT2D eigenvalue weighted by molar-refractivity contribution is 7.92. The fourth-order valence-electron chi connectivity index (χ4n) is 3.96. The molecule has 0 atom stereocenters. The molecule has 1 aliphatic heterocycles. The summed E-state index contributed by atoms with van der Waals surface area (Å²) in [6, 6.07) is 8.99. The molecule has 0 saturated carbocycles. The summed E-state index contributed by atoms with van der Waals surface area (Å²) in [5.41, 5.74) is -0.620. The van der Waals surface area contributed by atoms with Crippen molar-refractivity contribution in [2.75, 3.05) is 31.5 Å². The maximum Gasteiger partial charge on any atom is 0.417 e. The van der Waals surface area contributed by atoms with E-state index in [0.29, 0.717) is 34.9 Å². The van der Waals surface area contributed by atoms with Gasteiger partial charge in [-0.2, -0.15) is 13.2 Å². The molecule has 1 N–H and O–H groups in total. The first kappa shape index (κ1) is 27.9. The predicted molar refractivity (Wildman–Crippen MR) is 136 cm³/mol. The molecular weight excluding hydrogens is 545 g/mol. The Kier molecular flexibility index (Phi) is 8.64. The van der Waals surface area contributed by atoms with Gasteiger partial charge in [0.05, 0.1) is 28.3 Å². The van der Waals surface area contributed by atoms with Crippen LogP contribution in [-0.4, -0.2) is 50.0 Å². The van der Waals surface area contributed by atoms with Crippen LogP contribution in [0.1, 0.15) is 24.0 Å². The molecule has 204 valence electrons. The third-order valence-corrected chi connectivity index (χ3v) is 7.80. The van der Waals surface area contributed by atoms with Crippen LogP contribution in [0.4, 0.5) is 19.0 Å². The van der Waals surface area contributed by atoms with Crippen molar-refractivity contribution in [3.8, 4) is 11.5 Å². The Morgan fingerprint density at radius 3 is 2.58 bits per heavy atom. The molecule has 0 spiro atoms. The molecule has 0 aliphatic carbocycles. The fourth-order valence-corrected chi connectivity index (χ4v) is 5.38. The normalized spacial score (nSPS) is 15.3. The van der Waals surface area contributed by atoms with Crippen molar-refractivity contribution in [3.63, 3.8) is 0 Å². The summed E-state index contributed by atoms with van der Waals surface area (Å²) in [5.74, 6) is 0.566. The second-order valence-corrected chi connectivity index (χ2v) is 11.0. The van der Waals surface area contributed by atoms with Crippen LogP contribution < -0.4 is 14.2 Å². The molecule has 2 heterocycles. The van der Waals surface area contributed by atoms with Crippen LogP contribution in [0.25, 0.3) is 0 Å². The van der Waals surface area contributed by atoms with Crippen LogP contribution in [-0.2, 0) is 22.8 Å². The Bertz CT molecular complexity index is 1370. The predicted octanol–water partition coefficient (Wildman–Crippen LogP) is 5.25. The van der Waals surface area contributed by atoms with Gasteiger partial charge in [0.1, 0.15) is 18.7 Å². The molecule has 0 amide bonds. The number of rotatable bonds is 9. The lowest BCUT2D eigenvalue weighted by molar-refractivity contribution is -0.139. The van der Waals surface area contributed by atoms with Gasteiger partial charge in [-0.3, -0.25) is 4.72 Å². The van der Waals surface area contributed by atoms with Crippen molar-refractivity contribution in [1.29, 1.82) is 0 Å². The number of anilines is 1. The monoisotopic (exact) mass is 570 g/mol. The molecule has 13 heteroatoms. The third kappa shape index (κ3) is 7.06. The number of ether oxygens (including phenoxy) is 2. The van der Waals surface area contributed by atoms with Crippen LogP contribution in [0.3, 0.4) is 0 Å². The highest BCUT2D eigenvalue weighted by atomic mass is 35.5. The summed E-state index contributed by atoms with van der Waals surface area (Å²) in [7, 11) is -2.56. The van der Waals surface area contributed by atoms with Crippen molar-refractivity contribution >= 4 is 27.4 Å². The number of piperidine rings is 1. The molecule has 0 bridgehead atoms. The number of hydrogen-bond donors (Lipinski definition) is 1. The van der Waals surface area contributed by atoms with Gasteiger partial charge in [-0.15, -0.1) is 0 Å². The number of alkyl halides is 3. The summed E-state index contributed by atoms with van der Waals surface area (Å²) in [5, 5.41) is 0.446. The summed E-state index contributed by atoms with van der Waals surface area (Å²) in [6.07, 6.45) is -0.516. The van der Waals surface area contributed by atoms with Gasteiger partial charge in [0, 0.05) is 0 Å². The SMILES string of the molecule is CN1CCC(COc2cc(COc3cncnc3NS(=O)(=O)c3ccccc3C(F)(F)F)ccc2Cl)CC1. The van der Waals surface area contributed by atoms with E-state index in [1.54, 1.807) is 18.2 Å². The van der Waals surface area contributed by atoms with Crippen LogP contribution in [0.15, 0.2) is 59.9 Å². The largest absolute Gasteiger partial charge is 0.492 e. The Hall–Kier alpha value is -3.09. The van der Waals surface area contributed by atoms with Crippen molar-refractivity contribution in [3.05, 3.63) is 71.1 Å². The minimum Gasteiger partial charge on any atom is -0.492 e. The van der Waals surface area contributed by atoms with E-state index >= 15 is 0 Å². The van der Waals surface area contributed by atoms with E-state index in [4.69, 9.17) is 21.1 Å². The first-order valence-corrected chi connectivity index (χ1v) is 13.6. The lowest BCUT2D eigenvalue weighted by Crippen LogP contribution is -2.32. The van der Waals surface area contributed by atoms with Crippen molar-refractivity contribution in [1.82, 2.24) is 14.9 Å². The number of aromatic nitrogens is 2. The maximum absolute atomic E-state index is 13.4. The maximum atomic E-state index is 13.4. The summed E-state index contributed by atoms with van der Waals surface area (Å²) >= 11 is 6.30. The molecule has 2 aromatic carbocycles. The summed E-state index contributed by atoms with van der Waals surface area (Å²) in [4.78, 5) is 9.04. The van der Waals surface area contributed by atoms with E-state index in [0.717, 1.165) is 44.4 Å². The summed E-state index contributed by atoms with van der Waals surface area (Å²) < 4.78 is 79.6. The Morgan fingerprint density at radius 2 is 1.84 bits per heavy atom. The first-order chi connectivity index (χ1) is 18.0. The van der Waals surface area contributed by atoms with Crippen LogP contribution >= 0.6 is 11.6 Å². The van der Waals surface area contributed by atoms with Crippen molar-refractivity contribution in [2.45, 2.75) is 30.5 Å². The van der Waals surface area contributed by atoms with E-state index in [1.165, 1.54) is 12.3 Å². The number of nitrogens with one attached hydrogen (secondary N) is 1. The highest BCUT2D eigenvalue weighted by Gasteiger charge is 2.37. The minimum atomic E-state index is -4.86. The molecule has 1 aromatic heterocycles. The topological polar surface area (TPSA) is 93.7 Å². The van der Waals surface area contributed by atoms with Crippen molar-refractivity contribution < 1.29 is 31.1 Å². The van der Waals surface area contributed by atoms with E-state index in [1.807, 2.05) is 0 Å². The molecular formula is C25H26ClF3N4O4S. The molecule has 0 radical (unpaired) electrons. The lowest BCUT2D eigenvalue weighted by atomic mass is 9.98. The zero-order chi connectivity index (χ0) is 27.3. The average Bonchev–Trinajstić information content (AvgIpc) is 2.88. The molecule has 3 aromatic rings. The molecule has 1 aliphatic rings. The molecule has 0 unspecified atom stereocenters. The van der Waals surface area contributed by atoms with Gasteiger partial charge in [-0.1, -0.05) is 29.8 Å². The van der Waals surface area contributed by atoms with Crippen LogP contribution in [0.2, 0.25) is 5.02 Å². The third-order valence-electron chi connectivity index (χ3n) is 6.09. The smallest absolute Gasteiger partial charge is 0.417 e. The Labute approximate surface area is 223 Å². The number of nitrogens with zero attached hydrogens (tertiary/aromatic N) is 3. The van der Waals surface area contributed by atoms with Crippen LogP contribution in [0, 0.1) is 5.92 Å². The van der Waals surface area contributed by atoms with Gasteiger partial charge in [-0.25, -0.2) is 18.4 Å². The quantitative estimate of drug-likeness (QED) is 0.375. The molecule has 1 saturated heterocycles. The number of sulfonamides is 1.